The first kappa shape index (κ1) is 14.0. The molecule has 4 aromatic rings. The van der Waals surface area contributed by atoms with Crippen molar-refractivity contribution in [2.45, 2.75) is 0 Å². The standard InChI is InChI=1S/C17H12N4O4/c1-21-16(24)7-3-2-6-8-9(7)11(17(21)25)13-12(18-4-5-19-13)10(8)15(23)20-14(6)22/h2-3,24H,4-5H2,1H3,(H2,20,22,23). The van der Waals surface area contributed by atoms with Crippen molar-refractivity contribution in [2.75, 3.05) is 13.1 Å². The number of H-pyrrole nitrogens is 1. The van der Waals surface area contributed by atoms with Gasteiger partial charge in [-0.25, -0.2) is 0 Å². The lowest BCUT2D eigenvalue weighted by Gasteiger charge is -2.15. The van der Waals surface area contributed by atoms with Crippen LogP contribution in [-0.2, 0) is 7.05 Å². The predicted octanol–water partition coefficient (Wildman–Crippen LogP) is -0.365. The zero-order valence-electron chi connectivity index (χ0n) is 13.1. The van der Waals surface area contributed by atoms with Crippen LogP contribution in [0.2, 0.25) is 0 Å². The molecule has 0 spiro atoms. The van der Waals surface area contributed by atoms with Gasteiger partial charge in [0.1, 0.15) is 0 Å². The van der Waals surface area contributed by atoms with Gasteiger partial charge in [0.2, 0.25) is 5.88 Å². The molecule has 0 saturated carbocycles. The lowest BCUT2D eigenvalue weighted by Crippen LogP contribution is -2.38. The van der Waals surface area contributed by atoms with Crippen LogP contribution in [0.15, 0.2) is 31.7 Å². The zero-order chi connectivity index (χ0) is 17.5. The number of hydrogen-bond acceptors (Lipinski definition) is 6. The van der Waals surface area contributed by atoms with E-state index in [1.807, 2.05) is 0 Å². The van der Waals surface area contributed by atoms with Crippen LogP contribution in [0.1, 0.15) is 0 Å². The number of aromatic amines is 1. The molecular weight excluding hydrogens is 324 g/mol. The lowest BCUT2D eigenvalue weighted by molar-refractivity contribution is 0.431. The summed E-state index contributed by atoms with van der Waals surface area (Å²) in [7, 11) is 1.47. The summed E-state index contributed by atoms with van der Waals surface area (Å²) in [5.74, 6) is -0.485. The fraction of sp³-hybridized carbons (Fsp3) is 0.176. The molecule has 0 unspecified atom stereocenters. The summed E-state index contributed by atoms with van der Waals surface area (Å²) < 4.78 is 1.15. The number of aromatic hydroxyl groups is 2. The highest BCUT2D eigenvalue weighted by Crippen LogP contribution is 2.35. The molecule has 25 heavy (non-hydrogen) atoms. The Bertz CT molecular complexity index is 1460. The largest absolute Gasteiger partial charge is 0.494 e. The van der Waals surface area contributed by atoms with Gasteiger partial charge in [0.25, 0.3) is 11.1 Å². The maximum absolute atomic E-state index is 12.9. The minimum Gasteiger partial charge on any atom is -0.494 e. The van der Waals surface area contributed by atoms with Gasteiger partial charge in [-0.05, 0) is 12.1 Å². The van der Waals surface area contributed by atoms with Crippen LogP contribution in [0.4, 0.5) is 0 Å². The van der Waals surface area contributed by atoms with Crippen LogP contribution in [0, 0.1) is 0 Å². The molecule has 0 atom stereocenters. The number of benzene rings is 2. The average Bonchev–Trinajstić information content (AvgIpc) is 2.61. The van der Waals surface area contributed by atoms with E-state index in [1.165, 1.54) is 7.05 Å². The van der Waals surface area contributed by atoms with Gasteiger partial charge in [-0.15, -0.1) is 0 Å². The summed E-state index contributed by atoms with van der Waals surface area (Å²) >= 11 is 0. The van der Waals surface area contributed by atoms with Crippen LogP contribution in [0.3, 0.4) is 0 Å². The third-order valence-electron chi connectivity index (χ3n) is 4.83. The number of nitrogens with zero attached hydrogens (tertiary/aromatic N) is 3. The predicted molar refractivity (Wildman–Crippen MR) is 91.4 cm³/mol. The van der Waals surface area contributed by atoms with E-state index in [2.05, 4.69) is 15.0 Å². The van der Waals surface area contributed by atoms with Crippen molar-refractivity contribution in [2.24, 2.45) is 17.0 Å². The molecule has 2 aromatic carbocycles. The van der Waals surface area contributed by atoms with Gasteiger partial charge in [0, 0.05) is 28.6 Å². The molecule has 124 valence electrons. The molecule has 5 rings (SSSR count). The fourth-order valence-corrected chi connectivity index (χ4v) is 3.72. The van der Waals surface area contributed by atoms with Crippen molar-refractivity contribution in [1.82, 2.24) is 9.55 Å². The van der Waals surface area contributed by atoms with Gasteiger partial charge in [-0.2, -0.15) is 0 Å². The third-order valence-corrected chi connectivity index (χ3v) is 4.83. The summed E-state index contributed by atoms with van der Waals surface area (Å²) in [6.07, 6.45) is 0. The molecule has 0 aliphatic carbocycles. The number of fused-ring (bicyclic) bond motifs is 3. The lowest BCUT2D eigenvalue weighted by atomic mass is 9.95. The second kappa shape index (κ2) is 4.35. The van der Waals surface area contributed by atoms with Crippen LogP contribution < -0.4 is 21.8 Å². The quantitative estimate of drug-likeness (QED) is 0.380. The first-order valence-electron chi connectivity index (χ1n) is 7.74. The van der Waals surface area contributed by atoms with E-state index in [0.717, 1.165) is 4.57 Å². The minimum absolute atomic E-state index is 0.201. The molecule has 2 aromatic heterocycles. The normalized spacial score (nSPS) is 14.0. The molecule has 0 fully saturated rings. The molecule has 8 heteroatoms. The molecule has 1 aliphatic rings. The van der Waals surface area contributed by atoms with Gasteiger partial charge in [0.05, 0.1) is 34.6 Å². The van der Waals surface area contributed by atoms with Crippen LogP contribution in [0.25, 0.3) is 32.3 Å². The monoisotopic (exact) mass is 336 g/mol. The highest BCUT2D eigenvalue weighted by Gasteiger charge is 2.23. The van der Waals surface area contributed by atoms with E-state index in [-0.39, 0.29) is 17.1 Å². The number of aromatic nitrogens is 2. The molecule has 0 radical (unpaired) electrons. The number of rotatable bonds is 0. The van der Waals surface area contributed by atoms with Crippen LogP contribution in [0.5, 0.6) is 11.8 Å². The summed E-state index contributed by atoms with van der Waals surface area (Å²) in [6, 6.07) is 3.22. The molecule has 0 saturated heterocycles. The van der Waals surface area contributed by atoms with E-state index >= 15 is 0 Å². The summed E-state index contributed by atoms with van der Waals surface area (Å²) in [4.78, 5) is 36.7. The minimum atomic E-state index is -0.503. The molecule has 0 amide bonds. The highest BCUT2D eigenvalue weighted by molar-refractivity contribution is 6.24. The van der Waals surface area contributed by atoms with Crippen molar-refractivity contribution in [3.05, 3.63) is 43.6 Å². The Morgan fingerprint density at radius 1 is 0.960 bits per heavy atom. The molecular formula is C17H12N4O4. The number of hydrogen-bond donors (Lipinski definition) is 3. The summed E-state index contributed by atoms with van der Waals surface area (Å²) in [5, 5.41) is 23.5. The number of nitrogens with one attached hydrogen (secondary N) is 1. The van der Waals surface area contributed by atoms with Gasteiger partial charge >= 0.3 is 0 Å². The molecule has 0 bridgehead atoms. The van der Waals surface area contributed by atoms with Gasteiger partial charge < -0.3 is 10.2 Å². The van der Waals surface area contributed by atoms with Crippen LogP contribution in [-0.4, -0.2) is 32.9 Å². The van der Waals surface area contributed by atoms with E-state index in [9.17, 15) is 19.8 Å². The first-order valence-corrected chi connectivity index (χ1v) is 7.74. The zero-order valence-corrected chi connectivity index (χ0v) is 13.1. The maximum atomic E-state index is 12.9. The topological polar surface area (TPSA) is 120 Å². The summed E-state index contributed by atoms with van der Waals surface area (Å²) in [6.45, 7) is 0.843. The van der Waals surface area contributed by atoms with E-state index in [1.54, 1.807) is 12.1 Å². The highest BCUT2D eigenvalue weighted by atomic mass is 16.3. The van der Waals surface area contributed by atoms with Crippen molar-refractivity contribution >= 4 is 32.3 Å². The smallest absolute Gasteiger partial charge is 0.263 e. The molecule has 3 N–H and O–H groups in total. The van der Waals surface area contributed by atoms with Crippen molar-refractivity contribution in [1.29, 1.82) is 0 Å². The van der Waals surface area contributed by atoms with Gasteiger partial charge in [-0.3, -0.25) is 29.1 Å². The Hall–Kier alpha value is -3.42. The fourth-order valence-electron chi connectivity index (χ4n) is 3.72. The van der Waals surface area contributed by atoms with E-state index < -0.39 is 11.1 Å². The Labute approximate surface area is 138 Å². The second-order valence-corrected chi connectivity index (χ2v) is 6.11. The Morgan fingerprint density at radius 2 is 1.56 bits per heavy atom. The first-order chi connectivity index (χ1) is 12.0. The molecule has 8 nitrogen and oxygen atoms in total. The Kier molecular flexibility index (Phi) is 2.43. The van der Waals surface area contributed by atoms with E-state index in [4.69, 9.17) is 0 Å². The maximum Gasteiger partial charge on any atom is 0.263 e. The van der Waals surface area contributed by atoms with Crippen LogP contribution >= 0.6 is 0 Å². The summed E-state index contributed by atoms with van der Waals surface area (Å²) in [5.41, 5.74) is -0.923. The number of pyridine rings is 2. The Morgan fingerprint density at radius 3 is 2.28 bits per heavy atom. The Balaban J connectivity index is 2.39. The third kappa shape index (κ3) is 1.51. The molecule has 3 heterocycles. The average molecular weight is 336 g/mol. The van der Waals surface area contributed by atoms with Crippen molar-refractivity contribution in [3.8, 4) is 11.8 Å². The van der Waals surface area contributed by atoms with Gasteiger partial charge in [-0.1, -0.05) is 0 Å². The van der Waals surface area contributed by atoms with Crippen molar-refractivity contribution < 1.29 is 10.2 Å². The molecule has 1 aliphatic heterocycles. The van der Waals surface area contributed by atoms with Gasteiger partial charge in [0.15, 0.2) is 5.88 Å². The van der Waals surface area contributed by atoms with E-state index in [0.29, 0.717) is 50.7 Å². The van der Waals surface area contributed by atoms with Crippen molar-refractivity contribution in [3.63, 3.8) is 0 Å². The SMILES string of the molecule is Cn1c(O)c2ccc3c(O)[nH]c(=O)c4c5c(c(c1=O)c2c34)=NCCN=5. The second-order valence-electron chi connectivity index (χ2n) is 6.11.